The van der Waals surface area contributed by atoms with Crippen molar-refractivity contribution in [3.63, 3.8) is 0 Å². The lowest BCUT2D eigenvalue weighted by Gasteiger charge is -2.39. The van der Waals surface area contributed by atoms with Crippen LogP contribution < -0.4 is 15.0 Å². The third kappa shape index (κ3) is 6.25. The average Bonchev–Trinajstić information content (AvgIpc) is 2.92. The minimum atomic E-state index is -1.25. The third-order valence-corrected chi connectivity index (χ3v) is 6.76. The molecule has 2 unspecified atom stereocenters. The summed E-state index contributed by atoms with van der Waals surface area (Å²) in [6.07, 6.45) is -1.25. The number of halogens is 5. The number of aliphatic hydroxyl groups excluding tert-OH is 2. The van der Waals surface area contributed by atoms with Gasteiger partial charge in [-0.1, -0.05) is 6.07 Å². The topological polar surface area (TPSA) is 102 Å². The molecule has 0 fully saturated rings. The molecule has 0 spiro atoms. The van der Waals surface area contributed by atoms with E-state index in [-0.39, 0.29) is 17.0 Å². The molecule has 41 heavy (non-hydrogen) atoms. The van der Waals surface area contributed by atoms with Crippen molar-refractivity contribution in [1.82, 2.24) is 10.2 Å². The highest BCUT2D eigenvalue weighted by Crippen LogP contribution is 2.38. The van der Waals surface area contributed by atoms with Gasteiger partial charge in [-0.2, -0.15) is 0 Å². The minimum absolute atomic E-state index is 0.00614. The lowest BCUT2D eigenvalue weighted by atomic mass is 9.98. The molecule has 0 aromatic heterocycles. The van der Waals surface area contributed by atoms with E-state index in [9.17, 15) is 36.6 Å². The van der Waals surface area contributed by atoms with Crippen LogP contribution in [0.3, 0.4) is 0 Å². The largest absolute Gasteiger partial charge is 0.491 e. The molecule has 3 N–H and O–H groups in total. The normalized spacial score (nSPS) is 15.5. The van der Waals surface area contributed by atoms with Crippen LogP contribution in [0.1, 0.15) is 40.0 Å². The highest BCUT2D eigenvalue weighted by atomic mass is 19.2. The highest BCUT2D eigenvalue weighted by molar-refractivity contribution is 5.99. The van der Waals surface area contributed by atoms with Crippen molar-refractivity contribution in [3.8, 4) is 5.75 Å². The molecule has 1 heterocycles. The Morgan fingerprint density at radius 3 is 2.22 bits per heavy atom. The van der Waals surface area contributed by atoms with Gasteiger partial charge >= 0.3 is 6.03 Å². The summed E-state index contributed by atoms with van der Waals surface area (Å²) in [5, 5.41) is 20.6. The molecular formula is C28H26F5N3O5. The number of carbonyl (C=O) groups excluding carboxylic acids is 2. The number of amides is 3. The fraction of sp³-hybridized carbons (Fsp3) is 0.286. The molecule has 4 rings (SSSR count). The number of rotatable bonds is 9. The standard InChI is InChI=1S/C28H26F5N3O5/c1-14-19-4-3-15(27(39)34-10-20-22(30)6-16(29)7-23(20)31)5-26(19)36(28(40)35(14)2)11-21-24(32)8-18(9-25(21)33)41-13-17(38)12-37/h3-9,14,17,37-38H,10-13H2,1-2H3,(H,34,39). The van der Waals surface area contributed by atoms with Crippen molar-refractivity contribution in [2.75, 3.05) is 25.2 Å². The van der Waals surface area contributed by atoms with Crippen LogP contribution in [0.5, 0.6) is 5.75 Å². The molecule has 0 saturated heterocycles. The third-order valence-electron chi connectivity index (χ3n) is 6.76. The molecular weight excluding hydrogens is 553 g/mol. The monoisotopic (exact) mass is 579 g/mol. The molecule has 0 bridgehead atoms. The SMILES string of the molecule is CC1c2ccc(C(=O)NCc3c(F)cc(F)cc3F)cc2N(Cc2c(F)cc(OCC(O)CO)cc2F)C(=O)N1C. The van der Waals surface area contributed by atoms with E-state index in [4.69, 9.17) is 9.84 Å². The van der Waals surface area contributed by atoms with Gasteiger partial charge in [0, 0.05) is 54.5 Å². The summed E-state index contributed by atoms with van der Waals surface area (Å²) in [4.78, 5) is 28.5. The van der Waals surface area contributed by atoms with Gasteiger partial charge in [0.25, 0.3) is 5.91 Å². The van der Waals surface area contributed by atoms with E-state index < -0.39 is 90.6 Å². The Labute approximate surface area is 231 Å². The van der Waals surface area contributed by atoms with Gasteiger partial charge in [-0.15, -0.1) is 0 Å². The van der Waals surface area contributed by atoms with Crippen LogP contribution in [0.15, 0.2) is 42.5 Å². The van der Waals surface area contributed by atoms with Gasteiger partial charge in [0.05, 0.1) is 24.9 Å². The Morgan fingerprint density at radius 1 is 1.00 bits per heavy atom. The van der Waals surface area contributed by atoms with Crippen molar-refractivity contribution >= 4 is 17.6 Å². The second-order valence-electron chi connectivity index (χ2n) is 9.47. The summed E-state index contributed by atoms with van der Waals surface area (Å²) in [5.41, 5.74) is -0.266. The summed E-state index contributed by atoms with van der Waals surface area (Å²) < 4.78 is 76.2. The first-order valence-corrected chi connectivity index (χ1v) is 12.4. The number of nitrogens with zero attached hydrogens (tertiary/aromatic N) is 2. The first-order valence-electron chi connectivity index (χ1n) is 12.4. The molecule has 3 aromatic rings. The molecule has 0 aliphatic carbocycles. The van der Waals surface area contributed by atoms with E-state index >= 15 is 0 Å². The number of aliphatic hydroxyl groups is 2. The molecule has 0 radical (unpaired) electrons. The molecule has 8 nitrogen and oxygen atoms in total. The maximum absolute atomic E-state index is 15.0. The number of fused-ring (bicyclic) bond motifs is 1. The zero-order valence-electron chi connectivity index (χ0n) is 21.9. The average molecular weight is 580 g/mol. The summed E-state index contributed by atoms with van der Waals surface area (Å²) in [6, 6.07) is 5.97. The van der Waals surface area contributed by atoms with Gasteiger partial charge in [-0.25, -0.2) is 26.7 Å². The van der Waals surface area contributed by atoms with Crippen LogP contribution in [0.2, 0.25) is 0 Å². The van der Waals surface area contributed by atoms with E-state index in [2.05, 4.69) is 5.32 Å². The minimum Gasteiger partial charge on any atom is -0.491 e. The first kappa shape index (κ1) is 29.7. The molecule has 13 heteroatoms. The lowest BCUT2D eigenvalue weighted by Crippen LogP contribution is -2.47. The summed E-state index contributed by atoms with van der Waals surface area (Å²) in [7, 11) is 1.51. The zero-order chi connectivity index (χ0) is 30.0. The summed E-state index contributed by atoms with van der Waals surface area (Å²) >= 11 is 0. The van der Waals surface area contributed by atoms with Gasteiger partial charge in [-0.3, -0.25) is 9.69 Å². The van der Waals surface area contributed by atoms with Crippen LogP contribution in [-0.2, 0) is 13.1 Å². The Balaban J connectivity index is 1.61. The van der Waals surface area contributed by atoms with Gasteiger partial charge in [-0.05, 0) is 24.6 Å². The number of ether oxygens (including phenoxy) is 1. The Kier molecular flexibility index (Phi) is 8.78. The highest BCUT2D eigenvalue weighted by Gasteiger charge is 2.35. The number of hydrogen-bond donors (Lipinski definition) is 3. The van der Waals surface area contributed by atoms with Gasteiger partial charge in [0.15, 0.2) is 0 Å². The van der Waals surface area contributed by atoms with Gasteiger partial charge < -0.3 is 25.2 Å². The Morgan fingerprint density at radius 2 is 1.61 bits per heavy atom. The molecule has 1 aliphatic heterocycles. The Hall–Kier alpha value is -4.23. The molecule has 3 aromatic carbocycles. The molecule has 2 atom stereocenters. The lowest BCUT2D eigenvalue weighted by molar-refractivity contribution is 0.0534. The van der Waals surface area contributed by atoms with E-state index in [0.29, 0.717) is 17.7 Å². The summed E-state index contributed by atoms with van der Waals surface area (Å²) in [5.74, 6) is -6.53. The van der Waals surface area contributed by atoms with Crippen LogP contribution in [0, 0.1) is 29.1 Å². The van der Waals surface area contributed by atoms with E-state index in [0.717, 1.165) is 17.0 Å². The number of nitrogens with one attached hydrogen (secondary N) is 1. The van der Waals surface area contributed by atoms with Crippen molar-refractivity contribution < 1.29 is 46.5 Å². The summed E-state index contributed by atoms with van der Waals surface area (Å²) in [6.45, 7) is -0.429. The Bertz CT molecular complexity index is 1440. The second kappa shape index (κ2) is 12.1. The van der Waals surface area contributed by atoms with Gasteiger partial charge in [0.1, 0.15) is 47.5 Å². The number of urea groups is 1. The molecule has 3 amide bonds. The first-order chi connectivity index (χ1) is 19.4. The molecule has 218 valence electrons. The van der Waals surface area contributed by atoms with Crippen LogP contribution in [0.4, 0.5) is 32.4 Å². The van der Waals surface area contributed by atoms with Crippen molar-refractivity contribution in [3.05, 3.63) is 93.8 Å². The van der Waals surface area contributed by atoms with E-state index in [1.165, 1.54) is 24.1 Å². The fourth-order valence-electron chi connectivity index (χ4n) is 4.32. The number of benzene rings is 3. The van der Waals surface area contributed by atoms with Crippen molar-refractivity contribution in [2.45, 2.75) is 32.2 Å². The zero-order valence-corrected chi connectivity index (χ0v) is 21.9. The molecule has 1 aliphatic rings. The van der Waals surface area contributed by atoms with Crippen LogP contribution >= 0.6 is 0 Å². The maximum atomic E-state index is 15.0. The number of carbonyl (C=O) groups is 2. The number of hydrogen-bond acceptors (Lipinski definition) is 5. The van der Waals surface area contributed by atoms with Crippen LogP contribution in [0.25, 0.3) is 0 Å². The number of anilines is 1. The predicted molar refractivity (Wildman–Crippen MR) is 137 cm³/mol. The van der Waals surface area contributed by atoms with Gasteiger partial charge in [0.2, 0.25) is 0 Å². The quantitative estimate of drug-likeness (QED) is 0.331. The van der Waals surface area contributed by atoms with E-state index in [1.807, 2.05) is 0 Å². The maximum Gasteiger partial charge on any atom is 0.325 e. The van der Waals surface area contributed by atoms with Crippen molar-refractivity contribution in [1.29, 1.82) is 0 Å². The van der Waals surface area contributed by atoms with Crippen LogP contribution in [-0.4, -0.2) is 53.4 Å². The second-order valence-corrected chi connectivity index (χ2v) is 9.47. The predicted octanol–water partition coefficient (Wildman–Crippen LogP) is 4.18. The smallest absolute Gasteiger partial charge is 0.325 e. The molecule has 0 saturated carbocycles. The van der Waals surface area contributed by atoms with Crippen molar-refractivity contribution in [2.24, 2.45) is 0 Å². The fourth-order valence-corrected chi connectivity index (χ4v) is 4.32. The van der Waals surface area contributed by atoms with E-state index in [1.54, 1.807) is 13.0 Å².